The molecule has 0 atom stereocenters. The van der Waals surface area contributed by atoms with E-state index in [9.17, 15) is 9.90 Å². The first kappa shape index (κ1) is 15.5. The molecule has 0 aliphatic rings. The second-order valence-electron chi connectivity index (χ2n) is 6.44. The van der Waals surface area contributed by atoms with Crippen LogP contribution >= 0.6 is 0 Å². The highest BCUT2D eigenvalue weighted by atomic mass is 16.3. The van der Waals surface area contributed by atoms with E-state index in [1.807, 2.05) is 54.6 Å². The largest absolute Gasteiger partial charge is 0.508 e. The Morgan fingerprint density at radius 3 is 2.44 bits per heavy atom. The minimum Gasteiger partial charge on any atom is -0.508 e. The third-order valence-electron chi connectivity index (χ3n) is 4.73. The Morgan fingerprint density at radius 1 is 0.815 bits per heavy atom. The van der Waals surface area contributed by atoms with Crippen molar-refractivity contribution in [3.63, 3.8) is 0 Å². The lowest BCUT2D eigenvalue weighted by molar-refractivity contribution is 0.475. The van der Waals surface area contributed by atoms with Crippen molar-refractivity contribution in [2.45, 2.75) is 0 Å². The van der Waals surface area contributed by atoms with Crippen molar-refractivity contribution in [2.75, 3.05) is 0 Å². The van der Waals surface area contributed by atoms with E-state index in [-0.39, 0.29) is 11.2 Å². The molecule has 2 N–H and O–H groups in total. The summed E-state index contributed by atoms with van der Waals surface area (Å²) >= 11 is 0. The van der Waals surface area contributed by atoms with E-state index < -0.39 is 0 Å². The molecule has 4 nitrogen and oxygen atoms in total. The number of benzene rings is 3. The highest BCUT2D eigenvalue weighted by Crippen LogP contribution is 2.38. The number of aromatic nitrogens is 1. The lowest BCUT2D eigenvalue weighted by Crippen LogP contribution is -2.00. The molecule has 0 saturated carbocycles. The van der Waals surface area contributed by atoms with Crippen LogP contribution in [-0.4, -0.2) is 10.1 Å². The highest BCUT2D eigenvalue weighted by Gasteiger charge is 2.18. The Labute approximate surface area is 154 Å². The molecule has 0 fully saturated rings. The minimum atomic E-state index is -0.188. The molecule has 5 rings (SSSR count). The lowest BCUT2D eigenvalue weighted by Gasteiger charge is -2.06. The van der Waals surface area contributed by atoms with Crippen LogP contribution in [0.5, 0.6) is 5.75 Å². The Morgan fingerprint density at radius 2 is 1.59 bits per heavy atom. The van der Waals surface area contributed by atoms with E-state index in [4.69, 9.17) is 4.42 Å². The number of para-hydroxylation sites is 1. The number of nitrogens with one attached hydrogen (secondary N) is 1. The zero-order chi connectivity index (χ0) is 18.4. The molecule has 3 aromatic carbocycles. The quantitative estimate of drug-likeness (QED) is 0.452. The van der Waals surface area contributed by atoms with Crippen LogP contribution in [-0.2, 0) is 0 Å². The van der Waals surface area contributed by atoms with Crippen molar-refractivity contribution in [3.8, 4) is 28.3 Å². The van der Waals surface area contributed by atoms with Gasteiger partial charge in [-0.2, -0.15) is 0 Å². The molecule has 4 heteroatoms. The second-order valence-corrected chi connectivity index (χ2v) is 6.44. The fraction of sp³-hybridized carbons (Fsp3) is 0. The van der Waals surface area contributed by atoms with Gasteiger partial charge in [-0.25, -0.2) is 0 Å². The Balaban J connectivity index is 1.86. The molecule has 0 bridgehead atoms. The third-order valence-corrected chi connectivity index (χ3v) is 4.73. The minimum absolute atomic E-state index is 0.0413. The highest BCUT2D eigenvalue weighted by molar-refractivity contribution is 6.03. The SMILES string of the molecule is O=c1cc(-c2c(-c3ccccc3)[nH]c3ccccc23)oc2ccc(O)cc12. The summed E-state index contributed by atoms with van der Waals surface area (Å²) in [6, 6.07) is 24.0. The molecule has 130 valence electrons. The van der Waals surface area contributed by atoms with Crippen LogP contribution in [0.2, 0.25) is 0 Å². The predicted octanol–water partition coefficient (Wildman–Crippen LogP) is 5.31. The zero-order valence-electron chi connectivity index (χ0n) is 14.3. The summed E-state index contributed by atoms with van der Waals surface area (Å²) in [5, 5.41) is 11.0. The second kappa shape index (κ2) is 5.88. The maximum Gasteiger partial charge on any atom is 0.193 e. The van der Waals surface area contributed by atoms with Crippen molar-refractivity contribution in [1.82, 2.24) is 4.98 Å². The Hall–Kier alpha value is -3.79. The number of phenols is 1. The van der Waals surface area contributed by atoms with Gasteiger partial charge in [-0.3, -0.25) is 4.79 Å². The van der Waals surface area contributed by atoms with E-state index in [2.05, 4.69) is 4.98 Å². The van der Waals surface area contributed by atoms with Crippen LogP contribution in [0, 0.1) is 0 Å². The number of phenolic OH excluding ortho intramolecular Hbond substituents is 1. The molecule has 0 aliphatic carbocycles. The monoisotopic (exact) mass is 353 g/mol. The molecular weight excluding hydrogens is 338 g/mol. The first-order chi connectivity index (χ1) is 13.2. The van der Waals surface area contributed by atoms with Crippen LogP contribution < -0.4 is 5.43 Å². The summed E-state index contributed by atoms with van der Waals surface area (Å²) in [6.45, 7) is 0. The zero-order valence-corrected chi connectivity index (χ0v) is 14.3. The summed E-state index contributed by atoms with van der Waals surface area (Å²) in [5.41, 5.74) is 3.99. The first-order valence-electron chi connectivity index (χ1n) is 8.64. The number of H-pyrrole nitrogens is 1. The van der Waals surface area contributed by atoms with Gasteiger partial charge in [0.1, 0.15) is 17.1 Å². The van der Waals surface area contributed by atoms with Gasteiger partial charge in [0.2, 0.25) is 0 Å². The van der Waals surface area contributed by atoms with Crippen molar-refractivity contribution in [1.29, 1.82) is 0 Å². The van der Waals surface area contributed by atoms with Gasteiger partial charge in [0, 0.05) is 17.0 Å². The molecule has 0 radical (unpaired) electrons. The Kier molecular flexibility index (Phi) is 3.37. The fourth-order valence-electron chi connectivity index (χ4n) is 3.49. The van der Waals surface area contributed by atoms with Crippen molar-refractivity contribution < 1.29 is 9.52 Å². The Bertz CT molecular complexity index is 1350. The van der Waals surface area contributed by atoms with Gasteiger partial charge < -0.3 is 14.5 Å². The van der Waals surface area contributed by atoms with Gasteiger partial charge in [-0.15, -0.1) is 0 Å². The molecule has 0 unspecified atom stereocenters. The smallest absolute Gasteiger partial charge is 0.193 e. The molecule has 0 aliphatic heterocycles. The fourth-order valence-corrected chi connectivity index (χ4v) is 3.49. The van der Waals surface area contributed by atoms with E-state index in [1.54, 1.807) is 6.07 Å². The van der Waals surface area contributed by atoms with Crippen LogP contribution in [0.15, 0.2) is 88.1 Å². The number of aromatic amines is 1. The molecule has 5 aromatic rings. The molecule has 0 spiro atoms. The van der Waals surface area contributed by atoms with Crippen molar-refractivity contribution in [2.24, 2.45) is 0 Å². The van der Waals surface area contributed by atoms with Crippen LogP contribution in [0.3, 0.4) is 0 Å². The van der Waals surface area contributed by atoms with Gasteiger partial charge >= 0.3 is 0 Å². The third kappa shape index (κ3) is 2.50. The van der Waals surface area contributed by atoms with E-state index >= 15 is 0 Å². The van der Waals surface area contributed by atoms with Gasteiger partial charge in [0.25, 0.3) is 0 Å². The number of hydrogen-bond donors (Lipinski definition) is 2. The van der Waals surface area contributed by atoms with Crippen molar-refractivity contribution >= 4 is 21.9 Å². The summed E-state index contributed by atoms with van der Waals surface area (Å²) in [5.74, 6) is 0.536. The summed E-state index contributed by atoms with van der Waals surface area (Å²) in [4.78, 5) is 16.1. The normalized spacial score (nSPS) is 11.3. The van der Waals surface area contributed by atoms with Crippen LogP contribution in [0.1, 0.15) is 0 Å². The van der Waals surface area contributed by atoms with Gasteiger partial charge in [-0.1, -0.05) is 48.5 Å². The average Bonchev–Trinajstić information content (AvgIpc) is 3.09. The standard InChI is InChI=1S/C23H15NO3/c25-15-10-11-20-17(12-15)19(26)13-21(27-20)22-16-8-4-5-9-18(16)24-23(22)14-6-2-1-3-7-14/h1-13,24-25H. The van der Waals surface area contributed by atoms with Crippen molar-refractivity contribution in [3.05, 3.63) is 89.1 Å². The molecule has 27 heavy (non-hydrogen) atoms. The van der Waals surface area contributed by atoms with Gasteiger partial charge in [-0.05, 0) is 29.8 Å². The number of fused-ring (bicyclic) bond motifs is 2. The summed E-state index contributed by atoms with van der Waals surface area (Å²) in [7, 11) is 0. The van der Waals surface area contributed by atoms with E-state index in [1.165, 1.54) is 18.2 Å². The molecule has 0 amide bonds. The van der Waals surface area contributed by atoms with Crippen LogP contribution in [0.25, 0.3) is 44.5 Å². The average molecular weight is 353 g/mol. The number of hydrogen-bond acceptors (Lipinski definition) is 3. The topological polar surface area (TPSA) is 66.2 Å². The van der Waals surface area contributed by atoms with E-state index in [0.717, 1.165) is 27.7 Å². The van der Waals surface area contributed by atoms with Gasteiger partial charge in [0.05, 0.1) is 16.6 Å². The molecule has 0 saturated heterocycles. The maximum atomic E-state index is 12.6. The summed E-state index contributed by atoms with van der Waals surface area (Å²) < 4.78 is 6.08. The summed E-state index contributed by atoms with van der Waals surface area (Å²) in [6.07, 6.45) is 0. The van der Waals surface area contributed by atoms with Gasteiger partial charge in [0.15, 0.2) is 5.43 Å². The molecule has 2 heterocycles. The molecule has 2 aromatic heterocycles. The maximum absolute atomic E-state index is 12.6. The number of rotatable bonds is 2. The van der Waals surface area contributed by atoms with E-state index in [0.29, 0.717) is 16.7 Å². The lowest BCUT2D eigenvalue weighted by atomic mass is 10.0. The molecular formula is C23H15NO3. The number of aromatic hydroxyl groups is 1. The predicted molar refractivity (Wildman–Crippen MR) is 107 cm³/mol. The first-order valence-corrected chi connectivity index (χ1v) is 8.64. The van der Waals surface area contributed by atoms with Crippen LogP contribution in [0.4, 0.5) is 0 Å².